The van der Waals surface area contributed by atoms with E-state index in [9.17, 15) is 22.9 Å². The molecule has 0 radical (unpaired) electrons. The van der Waals surface area contributed by atoms with Crippen LogP contribution in [0.15, 0.2) is 11.0 Å². The molecule has 9 heteroatoms. The lowest BCUT2D eigenvalue weighted by Crippen LogP contribution is -2.37. The summed E-state index contributed by atoms with van der Waals surface area (Å²) in [4.78, 5) is 9.60. The SMILES string of the molecule is CC[C@H](CO)NS(=O)(=O)c1c(C)cc(F)c([N+](=O)[O-])c1C. The summed E-state index contributed by atoms with van der Waals surface area (Å²) >= 11 is 0. The van der Waals surface area contributed by atoms with E-state index in [1.165, 1.54) is 13.8 Å². The minimum atomic E-state index is -4.10. The van der Waals surface area contributed by atoms with Gasteiger partial charge in [0.15, 0.2) is 0 Å². The molecule has 0 aliphatic heterocycles. The monoisotopic (exact) mass is 320 g/mol. The van der Waals surface area contributed by atoms with Gasteiger partial charge in [-0.1, -0.05) is 6.92 Å². The number of nitro groups is 1. The van der Waals surface area contributed by atoms with Gasteiger partial charge in [-0.25, -0.2) is 13.1 Å². The highest BCUT2D eigenvalue weighted by molar-refractivity contribution is 7.89. The lowest BCUT2D eigenvalue weighted by Gasteiger charge is -2.17. The predicted octanol–water partition coefficient (Wildman–Crippen LogP) is 1.40. The third-order valence-corrected chi connectivity index (χ3v) is 4.92. The van der Waals surface area contributed by atoms with E-state index in [0.717, 1.165) is 6.07 Å². The number of hydrogen-bond donors (Lipinski definition) is 2. The number of aliphatic hydroxyl groups is 1. The molecule has 0 amide bonds. The minimum absolute atomic E-state index is 0.0656. The van der Waals surface area contributed by atoms with Gasteiger partial charge in [-0.3, -0.25) is 10.1 Å². The molecule has 7 nitrogen and oxygen atoms in total. The summed E-state index contributed by atoms with van der Waals surface area (Å²) in [5.41, 5.74) is -1.06. The topological polar surface area (TPSA) is 110 Å². The zero-order valence-corrected chi connectivity index (χ0v) is 12.7. The zero-order valence-electron chi connectivity index (χ0n) is 11.9. The Morgan fingerprint density at radius 1 is 1.48 bits per heavy atom. The third-order valence-electron chi connectivity index (χ3n) is 3.11. The van der Waals surface area contributed by atoms with Crippen LogP contribution in [0.25, 0.3) is 0 Å². The first-order valence-corrected chi connectivity index (χ1v) is 7.71. The highest BCUT2D eigenvalue weighted by Gasteiger charge is 2.30. The van der Waals surface area contributed by atoms with Crippen LogP contribution in [0.5, 0.6) is 0 Å². The van der Waals surface area contributed by atoms with Crippen molar-refractivity contribution in [3.63, 3.8) is 0 Å². The van der Waals surface area contributed by atoms with Crippen LogP contribution >= 0.6 is 0 Å². The van der Waals surface area contributed by atoms with Gasteiger partial charge in [0.1, 0.15) is 0 Å². The van der Waals surface area contributed by atoms with Gasteiger partial charge in [-0.15, -0.1) is 0 Å². The lowest BCUT2D eigenvalue weighted by atomic mass is 10.1. The number of hydrogen-bond acceptors (Lipinski definition) is 5. The van der Waals surface area contributed by atoms with Gasteiger partial charge in [0.05, 0.1) is 22.0 Å². The van der Waals surface area contributed by atoms with E-state index in [2.05, 4.69) is 4.72 Å². The van der Waals surface area contributed by atoms with Gasteiger partial charge in [0.25, 0.3) is 0 Å². The number of nitrogens with one attached hydrogen (secondary N) is 1. The van der Waals surface area contributed by atoms with E-state index in [0.29, 0.717) is 6.42 Å². The van der Waals surface area contributed by atoms with Crippen LogP contribution in [0.1, 0.15) is 24.5 Å². The van der Waals surface area contributed by atoms with Crippen molar-refractivity contribution < 1.29 is 22.8 Å². The molecule has 0 aliphatic carbocycles. The zero-order chi connectivity index (χ0) is 16.4. The number of nitrogens with zero attached hydrogens (tertiary/aromatic N) is 1. The molecule has 0 heterocycles. The predicted molar refractivity (Wildman–Crippen MR) is 74.0 cm³/mol. The molecule has 21 heavy (non-hydrogen) atoms. The number of sulfonamides is 1. The molecule has 0 aromatic heterocycles. The summed E-state index contributed by atoms with van der Waals surface area (Å²) in [6, 6.07) is 0.109. The largest absolute Gasteiger partial charge is 0.395 e. The van der Waals surface area contributed by atoms with Crippen molar-refractivity contribution in [2.75, 3.05) is 6.61 Å². The molecule has 118 valence electrons. The smallest absolute Gasteiger partial charge is 0.309 e. The highest BCUT2D eigenvalue weighted by atomic mass is 32.2. The minimum Gasteiger partial charge on any atom is -0.395 e. The lowest BCUT2D eigenvalue weighted by molar-refractivity contribution is -0.388. The van der Waals surface area contributed by atoms with Crippen LogP contribution in [0, 0.1) is 29.8 Å². The summed E-state index contributed by atoms with van der Waals surface area (Å²) in [5, 5.41) is 19.9. The number of aliphatic hydroxyl groups excluding tert-OH is 1. The summed E-state index contributed by atoms with van der Waals surface area (Å²) in [7, 11) is -4.10. The van der Waals surface area contributed by atoms with E-state index >= 15 is 0 Å². The Morgan fingerprint density at radius 2 is 2.05 bits per heavy atom. The quantitative estimate of drug-likeness (QED) is 0.608. The second-order valence-electron chi connectivity index (χ2n) is 4.64. The second-order valence-corrected chi connectivity index (χ2v) is 6.29. The van der Waals surface area contributed by atoms with Gasteiger partial charge in [-0.2, -0.15) is 4.39 Å². The molecular formula is C12H17FN2O5S. The van der Waals surface area contributed by atoms with E-state index in [1.807, 2.05) is 0 Å². The van der Waals surface area contributed by atoms with Crippen LogP contribution in [0.4, 0.5) is 10.1 Å². The second kappa shape index (κ2) is 6.46. The standard InChI is InChI=1S/C12H17FN2O5S/c1-4-9(6-16)14-21(19,20)12-7(2)5-10(13)11(8(12)3)15(17)18/h5,9,14,16H,4,6H2,1-3H3/t9-/m1/s1. The molecule has 0 spiro atoms. The molecule has 0 unspecified atom stereocenters. The van der Waals surface area contributed by atoms with Crippen LogP contribution in [0.3, 0.4) is 0 Å². The number of nitro benzene ring substituents is 1. The van der Waals surface area contributed by atoms with Gasteiger partial charge >= 0.3 is 5.69 Å². The van der Waals surface area contributed by atoms with Crippen molar-refractivity contribution in [2.45, 2.75) is 38.1 Å². The Bertz CT molecular complexity index is 656. The molecular weight excluding hydrogens is 303 g/mol. The molecule has 0 bridgehead atoms. The Balaban J connectivity index is 3.49. The van der Waals surface area contributed by atoms with E-state index in [4.69, 9.17) is 5.11 Å². The van der Waals surface area contributed by atoms with Crippen molar-refractivity contribution in [1.29, 1.82) is 0 Å². The molecule has 0 saturated carbocycles. The Morgan fingerprint density at radius 3 is 2.48 bits per heavy atom. The first kappa shape index (κ1) is 17.5. The fraction of sp³-hybridized carbons (Fsp3) is 0.500. The van der Waals surface area contributed by atoms with Crippen molar-refractivity contribution in [2.24, 2.45) is 0 Å². The maximum atomic E-state index is 13.6. The molecule has 1 aromatic rings. The fourth-order valence-corrected chi connectivity index (χ4v) is 3.85. The van der Waals surface area contributed by atoms with E-state index in [-0.39, 0.29) is 16.0 Å². The van der Waals surface area contributed by atoms with Crippen LogP contribution in [0.2, 0.25) is 0 Å². The fourth-order valence-electron chi connectivity index (χ4n) is 2.07. The summed E-state index contributed by atoms with van der Waals surface area (Å²) in [5.74, 6) is -1.08. The van der Waals surface area contributed by atoms with Crippen LogP contribution in [-0.2, 0) is 10.0 Å². The third kappa shape index (κ3) is 3.55. The summed E-state index contributed by atoms with van der Waals surface area (Å²) < 4.78 is 40.5. The van der Waals surface area contributed by atoms with Gasteiger partial charge in [0.2, 0.25) is 15.8 Å². The van der Waals surface area contributed by atoms with Crippen LogP contribution < -0.4 is 4.72 Å². The molecule has 2 N–H and O–H groups in total. The van der Waals surface area contributed by atoms with Crippen molar-refractivity contribution in [3.8, 4) is 0 Å². The molecule has 0 saturated heterocycles. The normalized spacial score (nSPS) is 13.2. The van der Waals surface area contributed by atoms with Gasteiger partial charge < -0.3 is 5.11 Å². The molecule has 0 aliphatic rings. The maximum absolute atomic E-state index is 13.6. The molecule has 1 aromatic carbocycles. The van der Waals surface area contributed by atoms with Crippen molar-refractivity contribution in [3.05, 3.63) is 33.1 Å². The number of aryl methyl sites for hydroxylation is 1. The van der Waals surface area contributed by atoms with Crippen molar-refractivity contribution in [1.82, 2.24) is 4.72 Å². The summed E-state index contributed by atoms with van der Waals surface area (Å²) in [6.45, 7) is 3.81. The van der Waals surface area contributed by atoms with Crippen molar-refractivity contribution >= 4 is 15.7 Å². The van der Waals surface area contributed by atoms with Gasteiger partial charge in [0, 0.05) is 6.04 Å². The van der Waals surface area contributed by atoms with Gasteiger partial charge in [-0.05, 0) is 31.9 Å². The average molecular weight is 320 g/mol. The number of halogens is 1. The van der Waals surface area contributed by atoms with E-state index in [1.54, 1.807) is 6.92 Å². The summed E-state index contributed by atoms with van der Waals surface area (Å²) in [6.07, 6.45) is 0.344. The Hall–Kier alpha value is -1.58. The highest BCUT2D eigenvalue weighted by Crippen LogP contribution is 2.31. The first-order chi connectivity index (χ1) is 9.65. The number of benzene rings is 1. The number of rotatable bonds is 6. The molecule has 0 fully saturated rings. The van der Waals surface area contributed by atoms with E-state index < -0.39 is 39.1 Å². The first-order valence-electron chi connectivity index (χ1n) is 6.23. The Labute approximate surface area is 122 Å². The Kier molecular flexibility index (Phi) is 5.37. The van der Waals surface area contributed by atoms with Crippen LogP contribution in [-0.4, -0.2) is 31.1 Å². The molecule has 1 atom stereocenters. The maximum Gasteiger partial charge on any atom is 0.309 e. The average Bonchev–Trinajstić information content (AvgIpc) is 2.34. The molecule has 1 rings (SSSR count).